The molecule has 0 unspecified atom stereocenters. The Bertz CT molecular complexity index is 646. The van der Waals surface area contributed by atoms with Crippen molar-refractivity contribution in [3.8, 4) is 0 Å². The standard InChI is InChI=1S/C13H14N2O3S2/c1-7-5-9(11(14)16)13(20-7)15-12(17)10-8(6-18-2)3-4-19-10/h3-5H,6H2,1-2H3,(H2,14,16)(H,15,17). The second kappa shape index (κ2) is 6.17. The summed E-state index contributed by atoms with van der Waals surface area (Å²) < 4.78 is 5.05. The van der Waals surface area contributed by atoms with Crippen molar-refractivity contribution in [2.75, 3.05) is 12.4 Å². The van der Waals surface area contributed by atoms with E-state index in [0.29, 0.717) is 22.0 Å². The molecule has 0 spiro atoms. The molecule has 7 heteroatoms. The molecule has 106 valence electrons. The molecular formula is C13H14N2O3S2. The molecule has 0 aliphatic rings. The van der Waals surface area contributed by atoms with Gasteiger partial charge in [-0.05, 0) is 24.4 Å². The van der Waals surface area contributed by atoms with E-state index in [1.54, 1.807) is 13.2 Å². The van der Waals surface area contributed by atoms with Gasteiger partial charge in [0.15, 0.2) is 0 Å². The number of rotatable bonds is 5. The third kappa shape index (κ3) is 3.06. The maximum Gasteiger partial charge on any atom is 0.266 e. The van der Waals surface area contributed by atoms with Crippen LogP contribution in [-0.2, 0) is 11.3 Å². The number of ether oxygens (including phenoxy) is 1. The third-order valence-electron chi connectivity index (χ3n) is 2.60. The predicted molar refractivity (Wildman–Crippen MR) is 80.6 cm³/mol. The number of hydrogen-bond donors (Lipinski definition) is 2. The van der Waals surface area contributed by atoms with Gasteiger partial charge in [-0.2, -0.15) is 0 Å². The Morgan fingerprint density at radius 2 is 2.20 bits per heavy atom. The van der Waals surface area contributed by atoms with Crippen LogP contribution in [0.4, 0.5) is 5.00 Å². The van der Waals surface area contributed by atoms with Crippen LogP contribution >= 0.6 is 22.7 Å². The second-order valence-electron chi connectivity index (χ2n) is 4.13. The van der Waals surface area contributed by atoms with E-state index in [1.807, 2.05) is 18.4 Å². The number of nitrogens with one attached hydrogen (secondary N) is 1. The van der Waals surface area contributed by atoms with Gasteiger partial charge in [-0.25, -0.2) is 0 Å². The summed E-state index contributed by atoms with van der Waals surface area (Å²) in [6.07, 6.45) is 0. The Hall–Kier alpha value is -1.70. The summed E-state index contributed by atoms with van der Waals surface area (Å²) in [4.78, 5) is 25.1. The fourth-order valence-corrected chi connectivity index (χ4v) is 3.47. The van der Waals surface area contributed by atoms with Gasteiger partial charge in [0.1, 0.15) is 5.00 Å². The molecule has 2 aromatic heterocycles. The zero-order valence-corrected chi connectivity index (χ0v) is 12.7. The number of amides is 2. The first-order valence-electron chi connectivity index (χ1n) is 5.79. The topological polar surface area (TPSA) is 81.4 Å². The van der Waals surface area contributed by atoms with Gasteiger partial charge in [-0.1, -0.05) is 0 Å². The van der Waals surface area contributed by atoms with Crippen molar-refractivity contribution in [1.29, 1.82) is 0 Å². The van der Waals surface area contributed by atoms with E-state index in [9.17, 15) is 9.59 Å². The van der Waals surface area contributed by atoms with Crippen LogP contribution in [0.15, 0.2) is 17.5 Å². The maximum atomic E-state index is 12.3. The largest absolute Gasteiger partial charge is 0.380 e. The fraction of sp³-hybridized carbons (Fsp3) is 0.231. The predicted octanol–water partition coefficient (Wildman–Crippen LogP) is 2.62. The van der Waals surface area contributed by atoms with E-state index < -0.39 is 5.91 Å². The van der Waals surface area contributed by atoms with Crippen molar-refractivity contribution in [1.82, 2.24) is 0 Å². The first-order valence-corrected chi connectivity index (χ1v) is 7.49. The molecule has 0 bridgehead atoms. The van der Waals surface area contributed by atoms with Crippen LogP contribution in [0.25, 0.3) is 0 Å². The van der Waals surface area contributed by atoms with Crippen molar-refractivity contribution in [2.24, 2.45) is 5.73 Å². The third-order valence-corrected chi connectivity index (χ3v) is 4.52. The smallest absolute Gasteiger partial charge is 0.266 e. The lowest BCUT2D eigenvalue weighted by atomic mass is 10.2. The highest BCUT2D eigenvalue weighted by atomic mass is 32.1. The molecule has 20 heavy (non-hydrogen) atoms. The highest BCUT2D eigenvalue weighted by Crippen LogP contribution is 2.28. The van der Waals surface area contributed by atoms with Gasteiger partial charge in [-0.3, -0.25) is 9.59 Å². The molecule has 0 atom stereocenters. The van der Waals surface area contributed by atoms with Crippen LogP contribution in [0.1, 0.15) is 30.5 Å². The number of carbonyl (C=O) groups excluding carboxylic acids is 2. The summed E-state index contributed by atoms with van der Waals surface area (Å²) in [6.45, 7) is 2.23. The number of thiophene rings is 2. The zero-order valence-electron chi connectivity index (χ0n) is 11.1. The lowest BCUT2D eigenvalue weighted by Gasteiger charge is -2.05. The number of primary amides is 1. The van der Waals surface area contributed by atoms with Gasteiger partial charge in [0.2, 0.25) is 0 Å². The van der Waals surface area contributed by atoms with Crippen molar-refractivity contribution >= 4 is 39.5 Å². The number of methoxy groups -OCH3 is 1. The highest BCUT2D eigenvalue weighted by molar-refractivity contribution is 7.17. The van der Waals surface area contributed by atoms with Gasteiger partial charge < -0.3 is 15.8 Å². The SMILES string of the molecule is COCc1ccsc1C(=O)Nc1sc(C)cc1C(N)=O. The summed E-state index contributed by atoms with van der Waals surface area (Å²) in [5, 5.41) is 5.06. The van der Waals surface area contributed by atoms with E-state index in [1.165, 1.54) is 22.7 Å². The molecule has 3 N–H and O–H groups in total. The number of hydrogen-bond acceptors (Lipinski definition) is 5. The minimum Gasteiger partial charge on any atom is -0.380 e. The van der Waals surface area contributed by atoms with Crippen molar-refractivity contribution in [3.63, 3.8) is 0 Å². The van der Waals surface area contributed by atoms with Crippen molar-refractivity contribution < 1.29 is 14.3 Å². The quantitative estimate of drug-likeness (QED) is 0.890. The molecule has 0 radical (unpaired) electrons. The molecule has 2 amide bonds. The van der Waals surface area contributed by atoms with Gasteiger partial charge in [0.05, 0.1) is 17.0 Å². The fourth-order valence-electron chi connectivity index (χ4n) is 1.75. The molecule has 0 saturated heterocycles. The first kappa shape index (κ1) is 14.7. The van der Waals surface area contributed by atoms with Crippen LogP contribution in [0.3, 0.4) is 0 Å². The van der Waals surface area contributed by atoms with Crippen molar-refractivity contribution in [3.05, 3.63) is 38.4 Å². The Morgan fingerprint density at radius 1 is 1.45 bits per heavy atom. The van der Waals surface area contributed by atoms with Crippen molar-refractivity contribution in [2.45, 2.75) is 13.5 Å². The summed E-state index contributed by atoms with van der Waals surface area (Å²) in [5.74, 6) is -0.802. The first-order chi connectivity index (χ1) is 9.52. The number of aryl methyl sites for hydroxylation is 1. The zero-order chi connectivity index (χ0) is 14.7. The minimum atomic E-state index is -0.548. The molecule has 2 aromatic rings. The Kier molecular flexibility index (Phi) is 4.53. The van der Waals surface area contributed by atoms with Crippen LogP contribution in [0, 0.1) is 6.92 Å². The molecule has 0 fully saturated rings. The van der Waals surface area contributed by atoms with E-state index in [4.69, 9.17) is 10.5 Å². The minimum absolute atomic E-state index is 0.253. The Morgan fingerprint density at radius 3 is 2.85 bits per heavy atom. The number of carbonyl (C=O) groups is 2. The normalized spacial score (nSPS) is 10.5. The molecule has 0 aliphatic carbocycles. The monoisotopic (exact) mass is 310 g/mol. The molecule has 0 aromatic carbocycles. The lowest BCUT2D eigenvalue weighted by Crippen LogP contribution is -2.16. The van der Waals surface area contributed by atoms with Crippen LogP contribution in [-0.4, -0.2) is 18.9 Å². The van der Waals surface area contributed by atoms with Gasteiger partial charge in [-0.15, -0.1) is 22.7 Å². The summed E-state index contributed by atoms with van der Waals surface area (Å²) >= 11 is 2.66. The van der Waals surface area contributed by atoms with E-state index in [0.717, 1.165) is 10.4 Å². The Balaban J connectivity index is 2.23. The summed E-state index contributed by atoms with van der Waals surface area (Å²) in [5.41, 5.74) is 6.46. The average Bonchev–Trinajstić information content (AvgIpc) is 2.96. The lowest BCUT2D eigenvalue weighted by molar-refractivity contribution is 0.100. The van der Waals surface area contributed by atoms with Crippen LogP contribution in [0.5, 0.6) is 0 Å². The number of nitrogens with two attached hydrogens (primary N) is 1. The molecule has 5 nitrogen and oxygen atoms in total. The van der Waals surface area contributed by atoms with Gasteiger partial charge in [0, 0.05) is 17.6 Å². The van der Waals surface area contributed by atoms with E-state index in [-0.39, 0.29) is 5.91 Å². The molecule has 0 aliphatic heterocycles. The second-order valence-corrected chi connectivity index (χ2v) is 6.30. The molecular weight excluding hydrogens is 296 g/mol. The van der Waals surface area contributed by atoms with Gasteiger partial charge in [0.25, 0.3) is 11.8 Å². The van der Waals surface area contributed by atoms with Crippen LogP contribution < -0.4 is 11.1 Å². The van der Waals surface area contributed by atoms with Crippen LogP contribution in [0.2, 0.25) is 0 Å². The molecule has 0 saturated carbocycles. The van der Waals surface area contributed by atoms with E-state index >= 15 is 0 Å². The maximum absolute atomic E-state index is 12.3. The summed E-state index contributed by atoms with van der Waals surface area (Å²) in [7, 11) is 1.58. The number of anilines is 1. The average molecular weight is 310 g/mol. The van der Waals surface area contributed by atoms with Gasteiger partial charge >= 0.3 is 0 Å². The molecule has 2 heterocycles. The summed E-state index contributed by atoms with van der Waals surface area (Å²) in [6, 6.07) is 3.52. The molecule has 2 rings (SSSR count). The van der Waals surface area contributed by atoms with E-state index in [2.05, 4.69) is 5.32 Å². The Labute approximate surface area is 124 Å². The highest BCUT2D eigenvalue weighted by Gasteiger charge is 2.18.